The van der Waals surface area contributed by atoms with Gasteiger partial charge in [-0.15, -0.1) is 22.6 Å². The molecule has 0 radical (unpaired) electrons. The highest BCUT2D eigenvalue weighted by Gasteiger charge is 2.16. The predicted octanol–water partition coefficient (Wildman–Crippen LogP) is 2.17. The lowest BCUT2D eigenvalue weighted by molar-refractivity contribution is -0.118. The molecule has 0 fully saturated rings. The van der Waals surface area contributed by atoms with Gasteiger partial charge in [-0.05, 0) is 12.8 Å². The molecule has 0 aliphatic heterocycles. The molecule has 8 heteroatoms. The van der Waals surface area contributed by atoms with Crippen molar-refractivity contribution in [3.05, 3.63) is 5.01 Å². The summed E-state index contributed by atoms with van der Waals surface area (Å²) in [4.78, 5) is 11.8. The minimum Gasteiger partial charge on any atom is -0.380 e. The van der Waals surface area contributed by atoms with E-state index in [1.807, 2.05) is 0 Å². The van der Waals surface area contributed by atoms with Gasteiger partial charge in [0.25, 0.3) is 0 Å². The van der Waals surface area contributed by atoms with Crippen LogP contribution in [0.15, 0.2) is 0 Å². The Morgan fingerprint density at radius 1 is 1.40 bits per heavy atom. The van der Waals surface area contributed by atoms with Crippen LogP contribution in [-0.2, 0) is 9.53 Å². The fourth-order valence-corrected chi connectivity index (χ4v) is 2.75. The maximum atomic E-state index is 11.8. The lowest BCUT2D eigenvalue weighted by Crippen LogP contribution is -2.28. The SMILES string of the molecule is CCC(CC)c1nnc(NC(=O)CC(CN)OC)s1.Cl. The number of nitrogens with one attached hydrogen (secondary N) is 1. The minimum atomic E-state index is -0.258. The number of hydrogen-bond donors (Lipinski definition) is 2. The van der Waals surface area contributed by atoms with Crippen LogP contribution in [0.3, 0.4) is 0 Å². The van der Waals surface area contributed by atoms with Crippen LogP contribution in [0.1, 0.15) is 44.0 Å². The summed E-state index contributed by atoms with van der Waals surface area (Å²) in [6.07, 6.45) is 2.02. The average Bonchev–Trinajstić information content (AvgIpc) is 2.85. The summed E-state index contributed by atoms with van der Waals surface area (Å²) in [5, 5.41) is 12.4. The van der Waals surface area contributed by atoms with Gasteiger partial charge in [0, 0.05) is 19.6 Å². The van der Waals surface area contributed by atoms with Crippen molar-refractivity contribution in [2.24, 2.45) is 5.73 Å². The second-order valence-electron chi connectivity index (χ2n) is 4.30. The van der Waals surface area contributed by atoms with Crippen molar-refractivity contribution < 1.29 is 9.53 Å². The summed E-state index contributed by atoms with van der Waals surface area (Å²) in [6.45, 7) is 4.57. The van der Waals surface area contributed by atoms with Crippen molar-refractivity contribution in [3.8, 4) is 0 Å². The lowest BCUT2D eigenvalue weighted by Gasteiger charge is -2.11. The first-order valence-electron chi connectivity index (χ1n) is 6.50. The summed E-state index contributed by atoms with van der Waals surface area (Å²) in [5.74, 6) is 0.267. The number of halogens is 1. The number of nitrogens with zero attached hydrogens (tertiary/aromatic N) is 2. The average molecular weight is 323 g/mol. The van der Waals surface area contributed by atoms with Crippen LogP contribution >= 0.6 is 23.7 Å². The number of amides is 1. The van der Waals surface area contributed by atoms with E-state index < -0.39 is 0 Å². The third-order valence-electron chi connectivity index (χ3n) is 3.03. The summed E-state index contributed by atoms with van der Waals surface area (Å²) in [5.41, 5.74) is 5.47. The molecule has 0 aliphatic carbocycles. The number of carbonyl (C=O) groups is 1. The van der Waals surface area contributed by atoms with Crippen molar-refractivity contribution >= 4 is 34.8 Å². The molecule has 1 aromatic rings. The second-order valence-corrected chi connectivity index (χ2v) is 5.31. The molecule has 0 saturated heterocycles. The Labute approximate surface area is 129 Å². The van der Waals surface area contributed by atoms with Crippen molar-refractivity contribution in [1.29, 1.82) is 0 Å². The van der Waals surface area contributed by atoms with Crippen molar-refractivity contribution in [3.63, 3.8) is 0 Å². The second kappa shape index (κ2) is 10.0. The van der Waals surface area contributed by atoms with Crippen molar-refractivity contribution in [1.82, 2.24) is 10.2 Å². The summed E-state index contributed by atoms with van der Waals surface area (Å²) < 4.78 is 5.07. The van der Waals surface area contributed by atoms with Crippen LogP contribution in [0.25, 0.3) is 0 Å². The summed E-state index contributed by atoms with van der Waals surface area (Å²) in [6, 6.07) is 0. The van der Waals surface area contributed by atoms with E-state index >= 15 is 0 Å². The number of methoxy groups -OCH3 is 1. The Kier molecular flexibility index (Phi) is 9.66. The molecule has 0 bridgehead atoms. The molecule has 3 N–H and O–H groups in total. The molecular weight excluding hydrogens is 300 g/mol. The Bertz CT molecular complexity index is 395. The number of ether oxygens (including phenoxy) is 1. The van der Waals surface area contributed by atoms with E-state index in [4.69, 9.17) is 10.5 Å². The van der Waals surface area contributed by atoms with E-state index in [1.54, 1.807) is 7.11 Å². The molecule has 0 spiro atoms. The van der Waals surface area contributed by atoms with Gasteiger partial charge >= 0.3 is 0 Å². The fraction of sp³-hybridized carbons (Fsp3) is 0.750. The first-order valence-corrected chi connectivity index (χ1v) is 7.32. The number of hydrogen-bond acceptors (Lipinski definition) is 6. The smallest absolute Gasteiger partial charge is 0.228 e. The van der Waals surface area contributed by atoms with Crippen LogP contribution in [0, 0.1) is 0 Å². The molecule has 0 aliphatic rings. The molecule has 1 atom stereocenters. The Morgan fingerprint density at radius 2 is 2.05 bits per heavy atom. The first kappa shape index (κ1) is 19.2. The van der Waals surface area contributed by atoms with Gasteiger partial charge in [0.15, 0.2) is 0 Å². The highest BCUT2D eigenvalue weighted by atomic mass is 35.5. The molecule has 1 rings (SSSR count). The number of carbonyl (C=O) groups excluding carboxylic acids is 1. The van der Waals surface area contributed by atoms with Gasteiger partial charge in [-0.1, -0.05) is 25.2 Å². The van der Waals surface area contributed by atoms with Gasteiger partial charge in [0.2, 0.25) is 11.0 Å². The monoisotopic (exact) mass is 322 g/mol. The summed E-state index contributed by atoms with van der Waals surface area (Å²) in [7, 11) is 1.54. The van der Waals surface area contributed by atoms with E-state index in [9.17, 15) is 4.79 Å². The molecule has 1 heterocycles. The van der Waals surface area contributed by atoms with E-state index in [0.29, 0.717) is 17.6 Å². The topological polar surface area (TPSA) is 90.1 Å². The Balaban J connectivity index is 0.00000361. The van der Waals surface area contributed by atoms with E-state index in [-0.39, 0.29) is 30.8 Å². The quantitative estimate of drug-likeness (QED) is 0.765. The molecule has 116 valence electrons. The molecule has 6 nitrogen and oxygen atoms in total. The molecule has 1 amide bonds. The number of rotatable bonds is 8. The number of nitrogens with two attached hydrogens (primary N) is 1. The number of anilines is 1. The van der Waals surface area contributed by atoms with Gasteiger partial charge in [-0.2, -0.15) is 0 Å². The molecule has 0 aromatic carbocycles. The standard InChI is InChI=1S/C12H22N4O2S.ClH/c1-4-8(5-2)11-15-16-12(19-11)14-10(17)6-9(7-13)18-3;/h8-9H,4-7,13H2,1-3H3,(H,14,16,17);1H. The zero-order valence-corrected chi connectivity index (χ0v) is 13.7. The molecule has 20 heavy (non-hydrogen) atoms. The normalized spacial score (nSPS) is 12.1. The van der Waals surface area contributed by atoms with Crippen LogP contribution < -0.4 is 11.1 Å². The first-order chi connectivity index (χ1) is 9.14. The zero-order valence-electron chi connectivity index (χ0n) is 12.1. The highest BCUT2D eigenvalue weighted by Crippen LogP contribution is 2.28. The highest BCUT2D eigenvalue weighted by molar-refractivity contribution is 7.15. The maximum Gasteiger partial charge on any atom is 0.228 e. The van der Waals surface area contributed by atoms with E-state index in [0.717, 1.165) is 17.8 Å². The van der Waals surface area contributed by atoms with Crippen LogP contribution in [0.5, 0.6) is 0 Å². The third kappa shape index (κ3) is 5.70. The Morgan fingerprint density at radius 3 is 2.55 bits per heavy atom. The van der Waals surface area contributed by atoms with E-state index in [1.165, 1.54) is 11.3 Å². The van der Waals surface area contributed by atoms with Crippen LogP contribution in [-0.4, -0.2) is 35.9 Å². The molecule has 1 aromatic heterocycles. The van der Waals surface area contributed by atoms with Gasteiger partial charge in [-0.3, -0.25) is 4.79 Å². The maximum absolute atomic E-state index is 11.8. The van der Waals surface area contributed by atoms with Gasteiger partial charge in [0.05, 0.1) is 12.5 Å². The van der Waals surface area contributed by atoms with Gasteiger partial charge in [0.1, 0.15) is 5.01 Å². The van der Waals surface area contributed by atoms with Crippen molar-refractivity contribution in [2.45, 2.75) is 45.1 Å². The summed E-state index contributed by atoms with van der Waals surface area (Å²) >= 11 is 1.43. The fourth-order valence-electron chi connectivity index (χ4n) is 1.73. The molecule has 1 unspecified atom stereocenters. The predicted molar refractivity (Wildman–Crippen MR) is 83.6 cm³/mol. The van der Waals surface area contributed by atoms with Crippen LogP contribution in [0.2, 0.25) is 0 Å². The largest absolute Gasteiger partial charge is 0.380 e. The molecular formula is C12H23ClN4O2S. The minimum absolute atomic E-state index is 0. The lowest BCUT2D eigenvalue weighted by atomic mass is 10.1. The number of aromatic nitrogens is 2. The third-order valence-corrected chi connectivity index (χ3v) is 4.03. The van der Waals surface area contributed by atoms with Crippen LogP contribution in [0.4, 0.5) is 5.13 Å². The zero-order chi connectivity index (χ0) is 14.3. The van der Waals surface area contributed by atoms with E-state index in [2.05, 4.69) is 29.4 Å². The van der Waals surface area contributed by atoms with Gasteiger partial charge in [-0.25, -0.2) is 0 Å². The molecule has 0 saturated carbocycles. The Hall–Kier alpha value is -0.760. The van der Waals surface area contributed by atoms with Crippen molar-refractivity contribution in [2.75, 3.05) is 19.0 Å². The van der Waals surface area contributed by atoms with Gasteiger partial charge < -0.3 is 15.8 Å².